The van der Waals surface area contributed by atoms with E-state index in [1.807, 2.05) is 0 Å². The summed E-state index contributed by atoms with van der Waals surface area (Å²) in [6, 6.07) is 0. The molecule has 1 aromatic rings. The number of H-pyrrole nitrogens is 1. The number of aryl methyl sites for hydroxylation is 1. The Morgan fingerprint density at radius 1 is 1.25 bits per heavy atom. The molecule has 2 fully saturated rings. The van der Waals surface area contributed by atoms with Gasteiger partial charge >= 0.3 is 0 Å². The number of imidazole rings is 1. The van der Waals surface area contributed by atoms with Gasteiger partial charge in [-0.3, -0.25) is 0 Å². The number of aromatic amines is 1. The van der Waals surface area contributed by atoms with E-state index in [9.17, 15) is 0 Å². The number of aromatic nitrogens is 2. The van der Waals surface area contributed by atoms with E-state index in [-0.39, 0.29) is 5.54 Å². The van der Waals surface area contributed by atoms with Gasteiger partial charge in [-0.15, -0.1) is 0 Å². The highest BCUT2D eigenvalue weighted by molar-refractivity contribution is 5.25. The molecule has 2 aliphatic carbocycles. The van der Waals surface area contributed by atoms with Crippen LogP contribution in [0.4, 0.5) is 0 Å². The number of nitrogens with zero attached hydrogens (tertiary/aromatic N) is 1. The second-order valence-electron chi connectivity index (χ2n) is 5.59. The number of rotatable bonds is 2. The summed E-state index contributed by atoms with van der Waals surface area (Å²) in [5.41, 5.74) is 8.62. The molecule has 3 nitrogen and oxygen atoms in total. The van der Waals surface area contributed by atoms with E-state index >= 15 is 0 Å². The molecule has 0 radical (unpaired) electrons. The summed E-state index contributed by atoms with van der Waals surface area (Å²) in [4.78, 5) is 8.19. The minimum Gasteiger partial charge on any atom is -0.344 e. The quantitative estimate of drug-likeness (QED) is 0.803. The Labute approximate surface area is 96.8 Å². The lowest BCUT2D eigenvalue weighted by molar-refractivity contribution is 0.435. The molecule has 0 bridgehead atoms. The third kappa shape index (κ3) is 1.67. The maximum atomic E-state index is 6.19. The average Bonchev–Trinajstić information content (AvgIpc) is 2.92. The van der Waals surface area contributed by atoms with Crippen molar-refractivity contribution in [3.05, 3.63) is 17.2 Å². The Morgan fingerprint density at radius 2 is 1.94 bits per heavy atom. The summed E-state index contributed by atoms with van der Waals surface area (Å²) in [6.45, 7) is 2.15. The van der Waals surface area contributed by atoms with Crippen LogP contribution in [0.15, 0.2) is 0 Å². The second kappa shape index (κ2) is 3.59. The van der Waals surface area contributed by atoms with Crippen molar-refractivity contribution in [2.45, 2.75) is 63.3 Å². The predicted molar refractivity (Wildman–Crippen MR) is 64.3 cm³/mol. The van der Waals surface area contributed by atoms with Gasteiger partial charge in [0.15, 0.2) is 0 Å². The summed E-state index contributed by atoms with van der Waals surface area (Å²) < 4.78 is 0. The van der Waals surface area contributed by atoms with E-state index in [1.54, 1.807) is 0 Å². The maximum Gasteiger partial charge on any atom is 0.126 e. The van der Waals surface area contributed by atoms with E-state index in [1.165, 1.54) is 43.5 Å². The van der Waals surface area contributed by atoms with Gasteiger partial charge in [0.1, 0.15) is 5.82 Å². The summed E-state index contributed by atoms with van der Waals surface area (Å²) in [5.74, 6) is 1.71. The molecule has 0 saturated heterocycles. The van der Waals surface area contributed by atoms with Crippen molar-refractivity contribution >= 4 is 0 Å². The van der Waals surface area contributed by atoms with E-state index in [0.29, 0.717) is 5.92 Å². The topological polar surface area (TPSA) is 54.7 Å². The first kappa shape index (κ1) is 10.3. The van der Waals surface area contributed by atoms with Gasteiger partial charge in [-0.2, -0.15) is 0 Å². The lowest BCUT2D eigenvalue weighted by Crippen LogP contribution is -2.20. The summed E-state index contributed by atoms with van der Waals surface area (Å²) in [5, 5.41) is 0. The van der Waals surface area contributed by atoms with E-state index in [4.69, 9.17) is 10.7 Å². The SMILES string of the molecule is Cc1[nH]c(C2(N)CC2)nc1C1CCCCC1. The molecule has 3 rings (SSSR count). The van der Waals surface area contributed by atoms with Crippen LogP contribution in [0, 0.1) is 6.92 Å². The zero-order valence-corrected chi connectivity index (χ0v) is 10.1. The Morgan fingerprint density at radius 3 is 2.56 bits per heavy atom. The minimum atomic E-state index is -0.113. The Kier molecular flexibility index (Phi) is 2.32. The first-order valence-electron chi connectivity index (χ1n) is 6.55. The van der Waals surface area contributed by atoms with Crippen LogP contribution in [0.25, 0.3) is 0 Å². The molecule has 16 heavy (non-hydrogen) atoms. The van der Waals surface area contributed by atoms with Crippen LogP contribution in [0.3, 0.4) is 0 Å². The van der Waals surface area contributed by atoms with Crippen molar-refractivity contribution in [2.24, 2.45) is 5.73 Å². The highest BCUT2D eigenvalue weighted by Gasteiger charge is 2.43. The number of hydrogen-bond acceptors (Lipinski definition) is 2. The zero-order chi connectivity index (χ0) is 11.2. The Balaban J connectivity index is 1.86. The molecule has 3 N–H and O–H groups in total. The van der Waals surface area contributed by atoms with Crippen molar-refractivity contribution < 1.29 is 0 Å². The lowest BCUT2D eigenvalue weighted by Gasteiger charge is -2.20. The van der Waals surface area contributed by atoms with Crippen molar-refractivity contribution in [1.29, 1.82) is 0 Å². The zero-order valence-electron chi connectivity index (χ0n) is 10.1. The Bertz CT molecular complexity index is 384. The van der Waals surface area contributed by atoms with Crippen molar-refractivity contribution in [3.63, 3.8) is 0 Å². The molecule has 0 amide bonds. The standard InChI is InChI=1S/C13H21N3/c1-9-11(10-5-3-2-4-6-10)16-12(15-9)13(14)7-8-13/h10H,2-8,14H2,1H3,(H,15,16). The van der Waals surface area contributed by atoms with Gasteiger partial charge < -0.3 is 10.7 Å². The third-order valence-electron chi connectivity index (χ3n) is 4.17. The van der Waals surface area contributed by atoms with Crippen LogP contribution in [-0.2, 0) is 5.54 Å². The monoisotopic (exact) mass is 219 g/mol. The van der Waals surface area contributed by atoms with Gasteiger partial charge in [0.25, 0.3) is 0 Å². The van der Waals surface area contributed by atoms with Crippen molar-refractivity contribution in [1.82, 2.24) is 9.97 Å². The molecule has 1 aromatic heterocycles. The molecule has 2 saturated carbocycles. The van der Waals surface area contributed by atoms with Gasteiger partial charge in [-0.25, -0.2) is 4.98 Å². The third-order valence-corrected chi connectivity index (χ3v) is 4.17. The fourth-order valence-electron chi connectivity index (χ4n) is 2.85. The van der Waals surface area contributed by atoms with Gasteiger partial charge in [-0.05, 0) is 32.6 Å². The van der Waals surface area contributed by atoms with Crippen LogP contribution in [0.2, 0.25) is 0 Å². The number of hydrogen-bond donors (Lipinski definition) is 2. The minimum absolute atomic E-state index is 0.113. The molecule has 3 heteroatoms. The first-order valence-corrected chi connectivity index (χ1v) is 6.55. The van der Waals surface area contributed by atoms with Gasteiger partial charge in [0.05, 0.1) is 11.2 Å². The first-order chi connectivity index (χ1) is 7.69. The fourth-order valence-corrected chi connectivity index (χ4v) is 2.85. The molecule has 0 atom stereocenters. The highest BCUT2D eigenvalue weighted by Crippen LogP contribution is 2.42. The van der Waals surface area contributed by atoms with Gasteiger partial charge in [0.2, 0.25) is 0 Å². The van der Waals surface area contributed by atoms with E-state index < -0.39 is 0 Å². The van der Waals surface area contributed by atoms with E-state index in [0.717, 1.165) is 18.7 Å². The fraction of sp³-hybridized carbons (Fsp3) is 0.769. The van der Waals surface area contributed by atoms with Crippen LogP contribution in [-0.4, -0.2) is 9.97 Å². The van der Waals surface area contributed by atoms with Crippen LogP contribution < -0.4 is 5.73 Å². The highest BCUT2D eigenvalue weighted by atomic mass is 15.0. The van der Waals surface area contributed by atoms with Gasteiger partial charge in [0, 0.05) is 11.6 Å². The lowest BCUT2D eigenvalue weighted by atomic mass is 9.86. The number of nitrogens with one attached hydrogen (secondary N) is 1. The average molecular weight is 219 g/mol. The van der Waals surface area contributed by atoms with E-state index in [2.05, 4.69) is 11.9 Å². The maximum absolute atomic E-state index is 6.19. The molecular formula is C13H21N3. The second-order valence-corrected chi connectivity index (χ2v) is 5.59. The molecule has 88 valence electrons. The summed E-state index contributed by atoms with van der Waals surface area (Å²) in [7, 11) is 0. The molecule has 0 aliphatic heterocycles. The largest absolute Gasteiger partial charge is 0.344 e. The smallest absolute Gasteiger partial charge is 0.126 e. The molecule has 0 spiro atoms. The molecule has 2 aliphatic rings. The summed E-state index contributed by atoms with van der Waals surface area (Å²) in [6.07, 6.45) is 8.91. The normalized spacial score (nSPS) is 24.6. The van der Waals surface area contributed by atoms with Gasteiger partial charge in [-0.1, -0.05) is 19.3 Å². The molecular weight excluding hydrogens is 198 g/mol. The summed E-state index contributed by atoms with van der Waals surface area (Å²) >= 11 is 0. The van der Waals surface area contributed by atoms with Crippen LogP contribution >= 0.6 is 0 Å². The van der Waals surface area contributed by atoms with Crippen molar-refractivity contribution in [2.75, 3.05) is 0 Å². The van der Waals surface area contributed by atoms with Crippen LogP contribution in [0.1, 0.15) is 68.1 Å². The molecule has 0 aromatic carbocycles. The molecule has 0 unspecified atom stereocenters. The number of nitrogens with two attached hydrogens (primary N) is 1. The Hall–Kier alpha value is -0.830. The van der Waals surface area contributed by atoms with Crippen molar-refractivity contribution in [3.8, 4) is 0 Å². The van der Waals surface area contributed by atoms with Crippen LogP contribution in [0.5, 0.6) is 0 Å². The predicted octanol–water partition coefficient (Wildman–Crippen LogP) is 2.71. The molecule has 1 heterocycles.